The Morgan fingerprint density at radius 1 is 0.479 bits per heavy atom. The Kier molecular flexibility index (Phi) is 5.26. The lowest BCUT2D eigenvalue weighted by atomic mass is 9.95. The molecule has 0 radical (unpaired) electrons. The second-order valence-electron chi connectivity index (χ2n) is 12.6. The number of benzene rings is 7. The van der Waals surface area contributed by atoms with Crippen molar-refractivity contribution in [2.24, 2.45) is 0 Å². The third-order valence-electron chi connectivity index (χ3n) is 9.99. The van der Waals surface area contributed by atoms with E-state index in [0.717, 1.165) is 38.8 Å². The first-order chi connectivity index (χ1) is 23.8. The summed E-state index contributed by atoms with van der Waals surface area (Å²) >= 11 is 1.86. The lowest BCUT2D eigenvalue weighted by Crippen LogP contribution is -1.93. The van der Waals surface area contributed by atoms with Crippen LogP contribution in [0.5, 0.6) is 0 Å². The fourth-order valence-electron chi connectivity index (χ4n) is 7.70. The van der Waals surface area contributed by atoms with E-state index in [1.165, 1.54) is 63.6 Å². The first kappa shape index (κ1) is 26.0. The van der Waals surface area contributed by atoms with E-state index in [9.17, 15) is 0 Å². The van der Waals surface area contributed by atoms with Crippen LogP contribution >= 0.6 is 11.3 Å². The monoisotopic (exact) mass is 627 g/mol. The van der Waals surface area contributed by atoms with Crippen LogP contribution < -0.4 is 0 Å². The van der Waals surface area contributed by atoms with Crippen LogP contribution in [-0.4, -0.2) is 14.4 Å². The maximum atomic E-state index is 5.35. The minimum Gasteiger partial charge on any atom is -0.291 e. The standard InChI is InChI=1S/C44H25N3S/c1-2-9-31-24-40-38(23-30(31)8-1)46-44-43-37(36-21-18-26-7-3-4-11-33(26)42(36)48-43)25-39(47(40)44)28-16-14-27(15-17-28)32-12-5-13-35-34(32)20-19-29-10-6-22-45-41(29)35/h1-25H. The van der Waals surface area contributed by atoms with Gasteiger partial charge in [-0.2, -0.15) is 0 Å². The summed E-state index contributed by atoms with van der Waals surface area (Å²) in [6.07, 6.45) is 1.88. The first-order valence-corrected chi connectivity index (χ1v) is 17.1. The van der Waals surface area contributed by atoms with Crippen molar-refractivity contribution < 1.29 is 0 Å². The van der Waals surface area contributed by atoms with Crippen LogP contribution in [0.4, 0.5) is 0 Å². The van der Waals surface area contributed by atoms with Gasteiger partial charge in [0.2, 0.25) is 0 Å². The van der Waals surface area contributed by atoms with Gasteiger partial charge in [-0.1, -0.05) is 121 Å². The predicted molar refractivity (Wildman–Crippen MR) is 204 cm³/mol. The van der Waals surface area contributed by atoms with Gasteiger partial charge >= 0.3 is 0 Å². The quantitative estimate of drug-likeness (QED) is 0.179. The average Bonchev–Trinajstić information content (AvgIpc) is 3.72. The summed E-state index contributed by atoms with van der Waals surface area (Å²) in [4.78, 5) is 10.1. The smallest absolute Gasteiger partial charge is 0.156 e. The Balaban J connectivity index is 1.18. The summed E-state index contributed by atoms with van der Waals surface area (Å²) in [5, 5.41) is 11.1. The lowest BCUT2D eigenvalue weighted by molar-refractivity contribution is 1.25. The lowest BCUT2D eigenvalue weighted by Gasteiger charge is -2.12. The maximum Gasteiger partial charge on any atom is 0.156 e. The van der Waals surface area contributed by atoms with Gasteiger partial charge in [-0.15, -0.1) is 11.3 Å². The average molecular weight is 628 g/mol. The molecule has 0 bridgehead atoms. The SMILES string of the molecule is c1ccc2cc3c(cc2c1)nc1c2sc4c5ccccc5ccc4c2cc(-c2ccc(-c4cccc5c4ccc4cccnc45)cc2)n31. The van der Waals surface area contributed by atoms with E-state index in [0.29, 0.717) is 0 Å². The molecule has 48 heavy (non-hydrogen) atoms. The van der Waals surface area contributed by atoms with Crippen molar-refractivity contribution in [3.05, 3.63) is 152 Å². The van der Waals surface area contributed by atoms with Crippen molar-refractivity contribution in [3.63, 3.8) is 0 Å². The second-order valence-corrected chi connectivity index (χ2v) is 13.6. The number of hydrogen-bond acceptors (Lipinski definition) is 3. The van der Waals surface area contributed by atoms with Gasteiger partial charge in [-0.05, 0) is 67.9 Å². The van der Waals surface area contributed by atoms with E-state index in [2.05, 4.69) is 144 Å². The molecule has 0 saturated heterocycles. The van der Waals surface area contributed by atoms with Crippen molar-refractivity contribution in [1.29, 1.82) is 0 Å². The number of hydrogen-bond donors (Lipinski definition) is 0. The van der Waals surface area contributed by atoms with Gasteiger partial charge in [-0.3, -0.25) is 9.38 Å². The number of rotatable bonds is 2. The number of imidazole rings is 1. The Hall–Kier alpha value is -6.10. The highest BCUT2D eigenvalue weighted by atomic mass is 32.1. The topological polar surface area (TPSA) is 30.2 Å². The maximum absolute atomic E-state index is 5.35. The van der Waals surface area contributed by atoms with Crippen LogP contribution in [0.25, 0.3) is 102 Å². The summed E-state index contributed by atoms with van der Waals surface area (Å²) in [6, 6.07) is 52.8. The van der Waals surface area contributed by atoms with Gasteiger partial charge in [0.25, 0.3) is 0 Å². The molecule has 0 saturated carbocycles. The van der Waals surface area contributed by atoms with Gasteiger partial charge in [0, 0.05) is 32.4 Å². The number of pyridine rings is 2. The Morgan fingerprint density at radius 2 is 1.21 bits per heavy atom. The van der Waals surface area contributed by atoms with Gasteiger partial charge < -0.3 is 0 Å². The molecule has 0 spiro atoms. The molecule has 0 fully saturated rings. The van der Waals surface area contributed by atoms with E-state index >= 15 is 0 Å². The van der Waals surface area contributed by atoms with Crippen LogP contribution in [0, 0.1) is 0 Å². The molecular weight excluding hydrogens is 603 g/mol. The zero-order valence-electron chi connectivity index (χ0n) is 25.7. The molecule has 7 aromatic carbocycles. The van der Waals surface area contributed by atoms with Gasteiger partial charge in [0.05, 0.1) is 26.9 Å². The summed E-state index contributed by atoms with van der Waals surface area (Å²) in [7, 11) is 0. The van der Waals surface area contributed by atoms with E-state index in [-0.39, 0.29) is 0 Å². The molecule has 0 N–H and O–H groups in total. The van der Waals surface area contributed by atoms with Crippen LogP contribution in [0.1, 0.15) is 0 Å². The van der Waals surface area contributed by atoms with E-state index in [1.54, 1.807) is 0 Å². The number of nitrogens with zero attached hydrogens (tertiary/aromatic N) is 3. The van der Waals surface area contributed by atoms with Gasteiger partial charge in [0.1, 0.15) is 0 Å². The van der Waals surface area contributed by atoms with Crippen LogP contribution in [0.3, 0.4) is 0 Å². The minimum absolute atomic E-state index is 1.01. The normalized spacial score (nSPS) is 12.2. The summed E-state index contributed by atoms with van der Waals surface area (Å²) in [5.41, 5.74) is 8.88. The van der Waals surface area contributed by atoms with E-state index < -0.39 is 0 Å². The molecule has 0 unspecified atom stereocenters. The molecule has 11 aromatic rings. The van der Waals surface area contributed by atoms with Crippen LogP contribution in [-0.2, 0) is 0 Å². The molecular formula is C44H25N3S. The highest BCUT2D eigenvalue weighted by Gasteiger charge is 2.19. The molecule has 3 nitrogen and oxygen atoms in total. The molecule has 4 heterocycles. The van der Waals surface area contributed by atoms with Crippen LogP contribution in [0.15, 0.2) is 152 Å². The zero-order valence-corrected chi connectivity index (χ0v) is 26.5. The summed E-state index contributed by atoms with van der Waals surface area (Å²) in [5.74, 6) is 0. The Morgan fingerprint density at radius 3 is 2.10 bits per heavy atom. The van der Waals surface area contributed by atoms with Crippen molar-refractivity contribution in [2.75, 3.05) is 0 Å². The highest BCUT2D eigenvalue weighted by Crippen LogP contribution is 2.44. The molecule has 0 amide bonds. The third-order valence-corrected chi connectivity index (χ3v) is 11.2. The molecule has 4 heteroatoms. The largest absolute Gasteiger partial charge is 0.291 e. The fraction of sp³-hybridized carbons (Fsp3) is 0. The molecule has 222 valence electrons. The zero-order chi connectivity index (χ0) is 31.3. The van der Waals surface area contributed by atoms with Crippen molar-refractivity contribution in [2.45, 2.75) is 0 Å². The molecule has 0 aliphatic carbocycles. The molecule has 0 aliphatic heterocycles. The van der Waals surface area contributed by atoms with Crippen LogP contribution in [0.2, 0.25) is 0 Å². The third kappa shape index (κ3) is 3.63. The summed E-state index contributed by atoms with van der Waals surface area (Å²) < 4.78 is 4.91. The number of aromatic nitrogens is 3. The van der Waals surface area contributed by atoms with E-state index in [4.69, 9.17) is 9.97 Å². The van der Waals surface area contributed by atoms with Crippen molar-refractivity contribution in [3.8, 4) is 22.4 Å². The molecule has 11 rings (SSSR count). The minimum atomic E-state index is 1.01. The summed E-state index contributed by atoms with van der Waals surface area (Å²) in [6.45, 7) is 0. The van der Waals surface area contributed by atoms with E-state index in [1.807, 2.05) is 23.6 Å². The number of fused-ring (bicyclic) bond motifs is 13. The second kappa shape index (κ2) is 9.71. The van der Waals surface area contributed by atoms with Gasteiger partial charge in [-0.25, -0.2) is 4.98 Å². The first-order valence-electron chi connectivity index (χ1n) is 16.2. The van der Waals surface area contributed by atoms with Crippen molar-refractivity contribution in [1.82, 2.24) is 14.4 Å². The Bertz CT molecular complexity index is 3110. The molecule has 0 atom stereocenters. The highest BCUT2D eigenvalue weighted by molar-refractivity contribution is 7.27. The van der Waals surface area contributed by atoms with Gasteiger partial charge in [0.15, 0.2) is 5.65 Å². The van der Waals surface area contributed by atoms with Crippen molar-refractivity contribution >= 4 is 91.4 Å². The fourth-order valence-corrected chi connectivity index (χ4v) is 9.00. The molecule has 4 aromatic heterocycles. The predicted octanol–water partition coefficient (Wildman–Crippen LogP) is 12.2. The Labute approximate surface area is 279 Å². The number of thiophene rings is 1. The molecule has 0 aliphatic rings.